The van der Waals surface area contributed by atoms with Crippen LogP contribution in [0.2, 0.25) is 0 Å². The summed E-state index contributed by atoms with van der Waals surface area (Å²) < 4.78 is 10.8. The minimum absolute atomic E-state index is 0.515. The van der Waals surface area contributed by atoms with Crippen molar-refractivity contribution >= 4 is 0 Å². The lowest BCUT2D eigenvalue weighted by Crippen LogP contribution is -2.01. The Morgan fingerprint density at radius 2 is 2.21 bits per heavy atom. The average Bonchev–Trinajstić information content (AvgIpc) is 2.74. The van der Waals surface area contributed by atoms with Crippen LogP contribution in [0.15, 0.2) is 27.2 Å². The number of nitrogens with two attached hydrogens (primary N) is 1. The Morgan fingerprint density at radius 3 is 2.86 bits per heavy atom. The lowest BCUT2D eigenvalue weighted by Gasteiger charge is -1.89. The SMILES string of the molecule is Cc1ccc(-c2ncc(CCN)o2)o1. The second-order valence-corrected chi connectivity index (χ2v) is 3.08. The van der Waals surface area contributed by atoms with Gasteiger partial charge in [0, 0.05) is 6.42 Å². The van der Waals surface area contributed by atoms with E-state index < -0.39 is 0 Å². The van der Waals surface area contributed by atoms with E-state index in [0.717, 1.165) is 11.5 Å². The summed E-state index contributed by atoms with van der Waals surface area (Å²) in [4.78, 5) is 4.10. The van der Waals surface area contributed by atoms with Gasteiger partial charge in [-0.05, 0) is 25.6 Å². The van der Waals surface area contributed by atoms with Crippen molar-refractivity contribution in [1.82, 2.24) is 4.98 Å². The zero-order chi connectivity index (χ0) is 9.97. The Balaban J connectivity index is 2.24. The van der Waals surface area contributed by atoms with Gasteiger partial charge >= 0.3 is 0 Å². The summed E-state index contributed by atoms with van der Waals surface area (Å²) in [6.07, 6.45) is 2.38. The molecule has 2 aromatic heterocycles. The second-order valence-electron chi connectivity index (χ2n) is 3.08. The van der Waals surface area contributed by atoms with Gasteiger partial charge in [-0.15, -0.1) is 0 Å². The molecule has 2 N–H and O–H groups in total. The number of oxazole rings is 1. The summed E-state index contributed by atoms with van der Waals surface area (Å²) in [6.45, 7) is 2.44. The van der Waals surface area contributed by atoms with Crippen molar-refractivity contribution in [2.75, 3.05) is 6.54 Å². The van der Waals surface area contributed by atoms with Crippen molar-refractivity contribution in [3.8, 4) is 11.7 Å². The predicted octanol–water partition coefficient (Wildman–Crippen LogP) is 1.74. The van der Waals surface area contributed by atoms with E-state index in [0.29, 0.717) is 24.6 Å². The highest BCUT2D eigenvalue weighted by Gasteiger charge is 2.09. The van der Waals surface area contributed by atoms with Crippen LogP contribution >= 0.6 is 0 Å². The van der Waals surface area contributed by atoms with E-state index in [1.807, 2.05) is 19.1 Å². The van der Waals surface area contributed by atoms with E-state index in [1.54, 1.807) is 6.20 Å². The highest BCUT2D eigenvalue weighted by atomic mass is 16.4. The molecule has 2 heterocycles. The summed E-state index contributed by atoms with van der Waals surface area (Å²) in [5.74, 6) is 2.81. The summed E-state index contributed by atoms with van der Waals surface area (Å²) in [7, 11) is 0. The van der Waals surface area contributed by atoms with Gasteiger partial charge < -0.3 is 14.6 Å². The van der Waals surface area contributed by atoms with Crippen molar-refractivity contribution in [2.45, 2.75) is 13.3 Å². The minimum atomic E-state index is 0.515. The Bertz CT molecular complexity index is 417. The molecule has 2 rings (SSSR count). The maximum atomic E-state index is 5.44. The molecule has 4 nitrogen and oxygen atoms in total. The first kappa shape index (κ1) is 9.02. The molecule has 0 saturated heterocycles. The molecule has 0 radical (unpaired) electrons. The molecule has 4 heteroatoms. The molecule has 0 amide bonds. The maximum absolute atomic E-state index is 5.44. The smallest absolute Gasteiger partial charge is 0.262 e. The predicted molar refractivity (Wildman–Crippen MR) is 51.7 cm³/mol. The largest absolute Gasteiger partial charge is 0.456 e. The molecule has 74 valence electrons. The molecule has 0 atom stereocenters. The first-order chi connectivity index (χ1) is 6.79. The van der Waals surface area contributed by atoms with E-state index in [4.69, 9.17) is 14.6 Å². The molecule has 0 saturated carbocycles. The fourth-order valence-electron chi connectivity index (χ4n) is 1.23. The number of aryl methyl sites for hydroxylation is 1. The van der Waals surface area contributed by atoms with Gasteiger partial charge in [-0.25, -0.2) is 4.98 Å². The zero-order valence-electron chi connectivity index (χ0n) is 7.99. The monoisotopic (exact) mass is 192 g/mol. The molecule has 0 aliphatic rings. The Hall–Kier alpha value is -1.55. The number of hydrogen-bond acceptors (Lipinski definition) is 4. The van der Waals surface area contributed by atoms with E-state index in [-0.39, 0.29) is 0 Å². The van der Waals surface area contributed by atoms with Crippen molar-refractivity contribution in [3.63, 3.8) is 0 Å². The molecule has 0 bridgehead atoms. The van der Waals surface area contributed by atoms with Crippen LogP contribution in [0.3, 0.4) is 0 Å². The molecule has 0 spiro atoms. The summed E-state index contributed by atoms with van der Waals surface area (Å²) in [5.41, 5.74) is 5.40. The van der Waals surface area contributed by atoms with Crippen LogP contribution in [0.25, 0.3) is 11.7 Å². The Kier molecular flexibility index (Phi) is 2.37. The molecule has 0 aliphatic heterocycles. The van der Waals surface area contributed by atoms with Gasteiger partial charge in [0.1, 0.15) is 11.5 Å². The molecule has 14 heavy (non-hydrogen) atoms. The van der Waals surface area contributed by atoms with Gasteiger partial charge in [-0.2, -0.15) is 0 Å². The standard InChI is InChI=1S/C10H12N2O2/c1-7-2-3-9(13-7)10-12-6-8(14-10)4-5-11/h2-3,6H,4-5,11H2,1H3. The van der Waals surface area contributed by atoms with Gasteiger partial charge in [0.2, 0.25) is 0 Å². The lowest BCUT2D eigenvalue weighted by molar-refractivity contribution is 0.478. The molecule has 2 aromatic rings. The molecule has 0 aliphatic carbocycles. The Labute approximate surface area is 81.7 Å². The third-order valence-electron chi connectivity index (χ3n) is 1.90. The summed E-state index contributed by atoms with van der Waals surface area (Å²) in [5, 5.41) is 0. The van der Waals surface area contributed by atoms with E-state index in [1.165, 1.54) is 0 Å². The number of furan rings is 1. The average molecular weight is 192 g/mol. The quantitative estimate of drug-likeness (QED) is 0.804. The third kappa shape index (κ3) is 1.70. The molecule has 0 aromatic carbocycles. The lowest BCUT2D eigenvalue weighted by atomic mass is 10.4. The van der Waals surface area contributed by atoms with Gasteiger partial charge in [0.05, 0.1) is 6.20 Å². The second kappa shape index (κ2) is 3.67. The number of aromatic nitrogens is 1. The fraction of sp³-hybridized carbons (Fsp3) is 0.300. The van der Waals surface area contributed by atoms with Crippen LogP contribution in [0, 0.1) is 6.92 Å². The molecular formula is C10H12N2O2. The number of nitrogens with zero attached hydrogens (tertiary/aromatic N) is 1. The molecule has 0 fully saturated rings. The van der Waals surface area contributed by atoms with E-state index in [2.05, 4.69) is 4.98 Å². The van der Waals surface area contributed by atoms with Crippen molar-refractivity contribution in [3.05, 3.63) is 29.9 Å². The summed E-state index contributed by atoms with van der Waals surface area (Å²) >= 11 is 0. The fourth-order valence-corrected chi connectivity index (χ4v) is 1.23. The van der Waals surface area contributed by atoms with Gasteiger partial charge in [-0.1, -0.05) is 0 Å². The first-order valence-corrected chi connectivity index (χ1v) is 4.51. The summed E-state index contributed by atoms with van der Waals surface area (Å²) in [6, 6.07) is 3.72. The maximum Gasteiger partial charge on any atom is 0.262 e. The van der Waals surface area contributed by atoms with Crippen LogP contribution in [0.5, 0.6) is 0 Å². The van der Waals surface area contributed by atoms with Crippen LogP contribution in [0.1, 0.15) is 11.5 Å². The Morgan fingerprint density at radius 1 is 1.36 bits per heavy atom. The highest BCUT2D eigenvalue weighted by Crippen LogP contribution is 2.21. The normalized spacial score (nSPS) is 10.7. The molecular weight excluding hydrogens is 180 g/mol. The zero-order valence-corrected chi connectivity index (χ0v) is 7.99. The van der Waals surface area contributed by atoms with Gasteiger partial charge in [-0.3, -0.25) is 0 Å². The third-order valence-corrected chi connectivity index (χ3v) is 1.90. The van der Waals surface area contributed by atoms with Crippen molar-refractivity contribution < 1.29 is 8.83 Å². The van der Waals surface area contributed by atoms with Crippen molar-refractivity contribution in [2.24, 2.45) is 5.73 Å². The number of rotatable bonds is 3. The topological polar surface area (TPSA) is 65.2 Å². The highest BCUT2D eigenvalue weighted by molar-refractivity contribution is 5.44. The van der Waals surface area contributed by atoms with Crippen molar-refractivity contribution in [1.29, 1.82) is 0 Å². The van der Waals surface area contributed by atoms with Crippen LogP contribution in [0.4, 0.5) is 0 Å². The number of hydrogen-bond donors (Lipinski definition) is 1. The minimum Gasteiger partial charge on any atom is -0.456 e. The van der Waals surface area contributed by atoms with E-state index in [9.17, 15) is 0 Å². The van der Waals surface area contributed by atoms with Crippen LogP contribution in [-0.2, 0) is 6.42 Å². The molecule has 0 unspecified atom stereocenters. The van der Waals surface area contributed by atoms with Crippen LogP contribution < -0.4 is 5.73 Å². The van der Waals surface area contributed by atoms with Crippen LogP contribution in [-0.4, -0.2) is 11.5 Å². The van der Waals surface area contributed by atoms with E-state index >= 15 is 0 Å². The van der Waals surface area contributed by atoms with Gasteiger partial charge in [0.15, 0.2) is 5.76 Å². The first-order valence-electron chi connectivity index (χ1n) is 4.51. The van der Waals surface area contributed by atoms with Gasteiger partial charge in [0.25, 0.3) is 5.89 Å².